The smallest absolute Gasteiger partial charge is 0.222 e. The summed E-state index contributed by atoms with van der Waals surface area (Å²) in [6, 6.07) is 9.28. The van der Waals surface area contributed by atoms with Gasteiger partial charge in [0, 0.05) is 0 Å². The third kappa shape index (κ3) is 4.10. The zero-order valence-electron chi connectivity index (χ0n) is 19.0. The molecule has 154 valence electrons. The summed E-state index contributed by atoms with van der Waals surface area (Å²) in [6.07, 6.45) is 20.4. The van der Waals surface area contributed by atoms with Crippen molar-refractivity contribution in [2.45, 2.75) is 52.4 Å². The molecule has 0 aliphatic heterocycles. The van der Waals surface area contributed by atoms with Crippen LogP contribution in [0.15, 0.2) is 71.9 Å². The molecule has 2 aromatic carbocycles. The maximum Gasteiger partial charge on any atom is 2.00 e. The van der Waals surface area contributed by atoms with E-state index in [4.69, 9.17) is 0 Å². The van der Waals surface area contributed by atoms with E-state index < -0.39 is 0 Å². The minimum Gasteiger partial charge on any atom is -0.222 e. The first-order chi connectivity index (χ1) is 14.5. The van der Waals surface area contributed by atoms with Gasteiger partial charge >= 0.3 is 26.2 Å². The molecule has 0 amide bonds. The molecule has 0 saturated carbocycles. The van der Waals surface area contributed by atoms with Gasteiger partial charge in [-0.05, 0) is 61.8 Å². The predicted octanol–water partition coefficient (Wildman–Crippen LogP) is 7.28. The summed E-state index contributed by atoms with van der Waals surface area (Å²) >= 11 is 0. The molecule has 0 nitrogen and oxygen atoms in total. The minimum atomic E-state index is 0. The molecule has 0 spiro atoms. The maximum absolute atomic E-state index is 2.37. The van der Waals surface area contributed by atoms with Crippen molar-refractivity contribution in [3.63, 3.8) is 0 Å². The first-order valence-electron chi connectivity index (χ1n) is 11.1. The topological polar surface area (TPSA) is 0 Å². The molecule has 0 radical (unpaired) electrons. The van der Waals surface area contributed by atoms with Crippen molar-refractivity contribution in [2.24, 2.45) is 0 Å². The second-order valence-electron chi connectivity index (χ2n) is 9.17. The SMILES string of the molecule is Cc1cc(C)c2c(c1)C1C=CC=C1[CH-]C2.Cc1cc(C)c2c(c1)C1C=CC=C1[CH-]C2.[Zr+2]. The Hall–Kier alpha value is -1.98. The summed E-state index contributed by atoms with van der Waals surface area (Å²) in [6.45, 7) is 8.83. The quantitative estimate of drug-likeness (QED) is 0.347. The first-order valence-corrected chi connectivity index (χ1v) is 11.1. The van der Waals surface area contributed by atoms with Crippen molar-refractivity contribution in [1.82, 2.24) is 0 Å². The fourth-order valence-electron chi connectivity index (χ4n) is 5.55. The van der Waals surface area contributed by atoms with Crippen LogP contribution in [0.1, 0.15) is 56.3 Å². The van der Waals surface area contributed by atoms with Crippen LogP contribution >= 0.6 is 0 Å². The van der Waals surface area contributed by atoms with Crippen LogP contribution in [-0.4, -0.2) is 0 Å². The average molecular weight is 482 g/mol. The van der Waals surface area contributed by atoms with Gasteiger partial charge in [-0.15, -0.1) is 12.2 Å². The van der Waals surface area contributed by atoms with E-state index in [1.54, 1.807) is 0 Å². The Balaban J connectivity index is 0.000000144. The number of allylic oxidation sites excluding steroid dienone is 8. The molecule has 0 fully saturated rings. The Morgan fingerprint density at radius 2 is 1.06 bits per heavy atom. The molecule has 31 heavy (non-hydrogen) atoms. The Labute approximate surface area is 207 Å². The van der Waals surface area contributed by atoms with Gasteiger partial charge in [0.25, 0.3) is 0 Å². The van der Waals surface area contributed by atoms with Crippen molar-refractivity contribution in [2.75, 3.05) is 0 Å². The molecule has 2 aromatic rings. The van der Waals surface area contributed by atoms with E-state index in [0.29, 0.717) is 11.8 Å². The number of fused-ring (bicyclic) bond motifs is 6. The zero-order chi connectivity index (χ0) is 20.8. The summed E-state index contributed by atoms with van der Waals surface area (Å²) in [5.74, 6) is 1.07. The van der Waals surface area contributed by atoms with Gasteiger partial charge in [0.2, 0.25) is 0 Å². The van der Waals surface area contributed by atoms with Crippen LogP contribution in [-0.2, 0) is 39.0 Å². The van der Waals surface area contributed by atoms with Gasteiger partial charge in [-0.3, -0.25) is 0 Å². The summed E-state index contributed by atoms with van der Waals surface area (Å²) in [5.41, 5.74) is 14.7. The number of aryl methyl sites for hydroxylation is 4. The molecular formula is C30H30Zr. The van der Waals surface area contributed by atoms with Crippen LogP contribution in [0, 0.1) is 40.5 Å². The molecule has 2 unspecified atom stereocenters. The van der Waals surface area contributed by atoms with Crippen LogP contribution in [0.5, 0.6) is 0 Å². The Kier molecular flexibility index (Phi) is 6.36. The monoisotopic (exact) mass is 480 g/mol. The number of benzene rings is 2. The Bertz CT molecular complexity index is 1050. The summed E-state index contributed by atoms with van der Waals surface area (Å²) in [5, 5.41) is 0. The van der Waals surface area contributed by atoms with Gasteiger partial charge in [-0.1, -0.05) is 71.5 Å². The maximum atomic E-state index is 2.37. The van der Waals surface area contributed by atoms with E-state index in [1.807, 2.05) is 0 Å². The Morgan fingerprint density at radius 1 is 0.645 bits per heavy atom. The average Bonchev–Trinajstić information content (AvgIpc) is 3.37. The van der Waals surface area contributed by atoms with Crippen LogP contribution in [0.25, 0.3) is 0 Å². The number of hydrogen-bond acceptors (Lipinski definition) is 0. The normalized spacial score (nSPS) is 21.0. The number of hydrogen-bond donors (Lipinski definition) is 0. The van der Waals surface area contributed by atoms with Crippen LogP contribution in [0.4, 0.5) is 0 Å². The molecule has 0 N–H and O–H groups in total. The van der Waals surface area contributed by atoms with Crippen molar-refractivity contribution >= 4 is 0 Å². The summed E-state index contributed by atoms with van der Waals surface area (Å²) in [7, 11) is 0. The van der Waals surface area contributed by atoms with Gasteiger partial charge in [0.15, 0.2) is 0 Å². The van der Waals surface area contributed by atoms with Crippen LogP contribution < -0.4 is 0 Å². The fraction of sp³-hybridized carbons (Fsp3) is 0.267. The van der Waals surface area contributed by atoms with Gasteiger partial charge in [0.1, 0.15) is 0 Å². The van der Waals surface area contributed by atoms with Gasteiger partial charge in [-0.2, -0.15) is 0 Å². The molecule has 6 rings (SSSR count). The van der Waals surface area contributed by atoms with E-state index in [1.165, 1.54) is 55.7 Å². The molecule has 0 bridgehead atoms. The fourth-order valence-corrected chi connectivity index (χ4v) is 5.55. The predicted molar refractivity (Wildman–Crippen MR) is 128 cm³/mol. The molecule has 0 saturated heterocycles. The molecule has 4 aliphatic rings. The van der Waals surface area contributed by atoms with Gasteiger partial charge < -0.3 is 0 Å². The number of rotatable bonds is 0. The van der Waals surface area contributed by atoms with E-state index in [2.05, 4.69) is 101 Å². The molecule has 0 aromatic heterocycles. The summed E-state index contributed by atoms with van der Waals surface area (Å²) < 4.78 is 0. The second-order valence-corrected chi connectivity index (χ2v) is 9.17. The standard InChI is InChI=1S/2C15H15.Zr/c2*1-10-8-11(2)13-7-6-12-4-3-5-14(12)15(13)9-10;/h2*3-6,8-9,14H,7H2,1-2H3;/q2*-1;+2. The zero-order valence-corrected chi connectivity index (χ0v) is 21.5. The molecule has 0 heterocycles. The van der Waals surface area contributed by atoms with Crippen molar-refractivity contribution in [3.8, 4) is 0 Å². The van der Waals surface area contributed by atoms with E-state index in [0.717, 1.165) is 12.8 Å². The third-order valence-electron chi connectivity index (χ3n) is 6.96. The Morgan fingerprint density at radius 3 is 1.48 bits per heavy atom. The van der Waals surface area contributed by atoms with Crippen molar-refractivity contribution in [1.29, 1.82) is 0 Å². The molecule has 2 atom stereocenters. The first kappa shape index (κ1) is 22.2. The van der Waals surface area contributed by atoms with E-state index in [-0.39, 0.29) is 26.2 Å². The van der Waals surface area contributed by atoms with Gasteiger partial charge in [0.05, 0.1) is 0 Å². The second kappa shape index (κ2) is 8.87. The van der Waals surface area contributed by atoms with Crippen molar-refractivity contribution < 1.29 is 26.2 Å². The molecular weight excluding hydrogens is 452 g/mol. The van der Waals surface area contributed by atoms with E-state index >= 15 is 0 Å². The van der Waals surface area contributed by atoms with Crippen LogP contribution in [0.2, 0.25) is 0 Å². The van der Waals surface area contributed by atoms with Crippen LogP contribution in [0.3, 0.4) is 0 Å². The molecule has 4 aliphatic carbocycles. The van der Waals surface area contributed by atoms with Crippen molar-refractivity contribution in [3.05, 3.63) is 129 Å². The van der Waals surface area contributed by atoms with E-state index in [9.17, 15) is 0 Å². The minimum absolute atomic E-state index is 0. The summed E-state index contributed by atoms with van der Waals surface area (Å²) in [4.78, 5) is 0. The molecule has 1 heteroatoms. The third-order valence-corrected chi connectivity index (χ3v) is 6.96. The largest absolute Gasteiger partial charge is 2.00 e. The van der Waals surface area contributed by atoms with Gasteiger partial charge in [-0.25, -0.2) is 36.1 Å².